The van der Waals surface area contributed by atoms with E-state index >= 15 is 0 Å². The van der Waals surface area contributed by atoms with E-state index in [-0.39, 0.29) is 24.2 Å². The maximum Gasteiger partial charge on any atom is 0.248 e. The largest absolute Gasteiger partial charge is 0.273 e. The van der Waals surface area contributed by atoms with E-state index in [1.807, 2.05) is 31.2 Å². The number of nitrogens with zero attached hydrogens (tertiary/aromatic N) is 2. The van der Waals surface area contributed by atoms with Gasteiger partial charge >= 0.3 is 0 Å². The molecule has 2 amide bonds. The van der Waals surface area contributed by atoms with Gasteiger partial charge in [0.25, 0.3) is 0 Å². The number of amides is 2. The molecule has 0 aromatic heterocycles. The van der Waals surface area contributed by atoms with E-state index in [0.717, 1.165) is 11.3 Å². The third-order valence-corrected chi connectivity index (χ3v) is 3.30. The van der Waals surface area contributed by atoms with E-state index in [4.69, 9.17) is 0 Å². The second-order valence-corrected chi connectivity index (χ2v) is 5.02. The summed E-state index contributed by atoms with van der Waals surface area (Å²) < 4.78 is 0. The molecule has 0 bridgehead atoms. The fourth-order valence-corrected chi connectivity index (χ4v) is 1.99. The van der Waals surface area contributed by atoms with Crippen LogP contribution in [0.2, 0.25) is 0 Å². The van der Waals surface area contributed by atoms with E-state index in [1.165, 1.54) is 5.56 Å². The summed E-state index contributed by atoms with van der Waals surface area (Å²) in [6.45, 7) is 3.78. The molecular formula is C15H18N4O2. The van der Waals surface area contributed by atoms with Crippen LogP contribution in [0.4, 0.5) is 0 Å². The summed E-state index contributed by atoms with van der Waals surface area (Å²) >= 11 is 0. The molecule has 0 unspecified atom stereocenters. The summed E-state index contributed by atoms with van der Waals surface area (Å²) in [6.07, 6.45) is 2.26. The number of carbonyl (C=O) groups is 2. The molecule has 21 heavy (non-hydrogen) atoms. The molecular weight excluding hydrogens is 268 g/mol. The van der Waals surface area contributed by atoms with Crippen LogP contribution in [0, 0.1) is 12.8 Å². The third-order valence-electron chi connectivity index (χ3n) is 3.30. The van der Waals surface area contributed by atoms with Gasteiger partial charge < -0.3 is 0 Å². The SMILES string of the molecule is CC1=NNC(=O)[C@H]1CCC(=O)N/N=C\c1ccc(C)cc1. The van der Waals surface area contributed by atoms with Crippen LogP contribution in [-0.4, -0.2) is 23.7 Å². The molecule has 1 atom stereocenters. The summed E-state index contributed by atoms with van der Waals surface area (Å²) in [5.74, 6) is -0.675. The van der Waals surface area contributed by atoms with Crippen LogP contribution >= 0.6 is 0 Å². The van der Waals surface area contributed by atoms with E-state index < -0.39 is 0 Å². The molecule has 1 aliphatic heterocycles. The monoisotopic (exact) mass is 286 g/mol. The van der Waals surface area contributed by atoms with Gasteiger partial charge in [0.05, 0.1) is 12.1 Å². The number of hydrogen-bond acceptors (Lipinski definition) is 4. The number of aryl methyl sites for hydroxylation is 1. The molecule has 110 valence electrons. The maximum atomic E-state index is 11.7. The van der Waals surface area contributed by atoms with Crippen LogP contribution in [0.25, 0.3) is 0 Å². The zero-order valence-corrected chi connectivity index (χ0v) is 12.1. The first-order valence-corrected chi connectivity index (χ1v) is 6.79. The minimum absolute atomic E-state index is 0.150. The van der Waals surface area contributed by atoms with Crippen LogP contribution in [-0.2, 0) is 9.59 Å². The predicted octanol–water partition coefficient (Wildman–Crippen LogP) is 1.35. The summed E-state index contributed by atoms with van der Waals surface area (Å²) in [4.78, 5) is 23.1. The van der Waals surface area contributed by atoms with Gasteiger partial charge in [0.15, 0.2) is 0 Å². The Hall–Kier alpha value is -2.50. The van der Waals surface area contributed by atoms with E-state index in [0.29, 0.717) is 6.42 Å². The summed E-state index contributed by atoms with van der Waals surface area (Å²) in [6, 6.07) is 7.80. The van der Waals surface area contributed by atoms with Gasteiger partial charge in [-0.3, -0.25) is 9.59 Å². The highest BCUT2D eigenvalue weighted by Gasteiger charge is 2.26. The van der Waals surface area contributed by atoms with E-state index in [1.54, 1.807) is 13.1 Å². The lowest BCUT2D eigenvalue weighted by Crippen LogP contribution is -2.25. The first-order valence-electron chi connectivity index (χ1n) is 6.79. The molecule has 2 rings (SSSR count). The number of carbonyl (C=O) groups excluding carboxylic acids is 2. The average molecular weight is 286 g/mol. The van der Waals surface area contributed by atoms with Crippen LogP contribution < -0.4 is 10.9 Å². The summed E-state index contributed by atoms with van der Waals surface area (Å²) in [5, 5.41) is 7.74. The molecule has 0 aliphatic carbocycles. The molecule has 0 saturated carbocycles. The molecule has 1 aliphatic rings. The van der Waals surface area contributed by atoms with Gasteiger partial charge in [-0.05, 0) is 25.8 Å². The van der Waals surface area contributed by atoms with Crippen molar-refractivity contribution in [2.24, 2.45) is 16.1 Å². The Kier molecular flexibility index (Phi) is 4.81. The van der Waals surface area contributed by atoms with E-state index in [2.05, 4.69) is 21.1 Å². The Bertz CT molecular complexity index is 590. The number of hydrogen-bond donors (Lipinski definition) is 2. The Labute approximate surface area is 123 Å². The van der Waals surface area contributed by atoms with Crippen molar-refractivity contribution < 1.29 is 9.59 Å². The minimum Gasteiger partial charge on any atom is -0.273 e. The van der Waals surface area contributed by atoms with Crippen LogP contribution in [0.15, 0.2) is 34.5 Å². The summed E-state index contributed by atoms with van der Waals surface area (Å²) in [5.41, 5.74) is 7.66. The Morgan fingerprint density at radius 1 is 1.38 bits per heavy atom. The normalized spacial score (nSPS) is 17.7. The molecule has 0 saturated heterocycles. The van der Waals surface area contributed by atoms with Crippen molar-refractivity contribution in [2.75, 3.05) is 0 Å². The van der Waals surface area contributed by atoms with Crippen molar-refractivity contribution in [1.29, 1.82) is 0 Å². The lowest BCUT2D eigenvalue weighted by Gasteiger charge is -2.06. The van der Waals surface area contributed by atoms with Gasteiger partial charge in [0.1, 0.15) is 0 Å². The molecule has 2 N–H and O–H groups in total. The van der Waals surface area contributed by atoms with Crippen molar-refractivity contribution in [1.82, 2.24) is 10.9 Å². The average Bonchev–Trinajstić information content (AvgIpc) is 2.78. The van der Waals surface area contributed by atoms with Gasteiger partial charge in [-0.25, -0.2) is 10.9 Å². The predicted molar refractivity (Wildman–Crippen MR) is 80.9 cm³/mol. The second-order valence-electron chi connectivity index (χ2n) is 5.02. The highest BCUT2D eigenvalue weighted by molar-refractivity contribution is 6.07. The number of nitrogens with one attached hydrogen (secondary N) is 2. The first kappa shape index (κ1) is 14.9. The maximum absolute atomic E-state index is 11.7. The van der Waals surface area contributed by atoms with E-state index in [9.17, 15) is 9.59 Å². The molecule has 6 heteroatoms. The molecule has 0 radical (unpaired) electrons. The molecule has 1 heterocycles. The Balaban J connectivity index is 1.76. The zero-order valence-electron chi connectivity index (χ0n) is 12.1. The van der Waals surface area contributed by atoms with Gasteiger partial charge in [-0.1, -0.05) is 29.8 Å². The lowest BCUT2D eigenvalue weighted by molar-refractivity contribution is -0.123. The Morgan fingerprint density at radius 3 is 2.71 bits per heavy atom. The van der Waals surface area contributed by atoms with Crippen LogP contribution in [0.3, 0.4) is 0 Å². The fraction of sp³-hybridized carbons (Fsp3) is 0.333. The van der Waals surface area contributed by atoms with Crippen molar-refractivity contribution in [3.63, 3.8) is 0 Å². The quantitative estimate of drug-likeness (QED) is 0.632. The van der Waals surface area contributed by atoms with Crippen molar-refractivity contribution in [2.45, 2.75) is 26.7 Å². The topological polar surface area (TPSA) is 82.9 Å². The van der Waals surface area contributed by atoms with Crippen LogP contribution in [0.5, 0.6) is 0 Å². The first-order chi connectivity index (χ1) is 10.1. The lowest BCUT2D eigenvalue weighted by atomic mass is 9.99. The molecule has 1 aromatic carbocycles. The zero-order chi connectivity index (χ0) is 15.2. The van der Waals surface area contributed by atoms with Gasteiger partial charge in [-0.2, -0.15) is 10.2 Å². The minimum atomic E-state index is -0.308. The van der Waals surface area contributed by atoms with Crippen molar-refractivity contribution in [3.05, 3.63) is 35.4 Å². The van der Waals surface area contributed by atoms with Crippen molar-refractivity contribution >= 4 is 23.7 Å². The smallest absolute Gasteiger partial charge is 0.248 e. The number of hydrazone groups is 2. The van der Waals surface area contributed by atoms with Gasteiger partial charge in [-0.15, -0.1) is 0 Å². The second kappa shape index (κ2) is 6.78. The Morgan fingerprint density at radius 2 is 2.10 bits per heavy atom. The highest BCUT2D eigenvalue weighted by Crippen LogP contribution is 2.13. The molecule has 1 aromatic rings. The van der Waals surface area contributed by atoms with Gasteiger partial charge in [0.2, 0.25) is 11.8 Å². The molecule has 6 nitrogen and oxygen atoms in total. The summed E-state index contributed by atoms with van der Waals surface area (Å²) in [7, 11) is 0. The number of benzene rings is 1. The molecule has 0 fully saturated rings. The fourth-order valence-electron chi connectivity index (χ4n) is 1.99. The van der Waals surface area contributed by atoms with Crippen molar-refractivity contribution in [3.8, 4) is 0 Å². The highest BCUT2D eigenvalue weighted by atomic mass is 16.2. The van der Waals surface area contributed by atoms with Crippen LogP contribution in [0.1, 0.15) is 30.9 Å². The molecule has 0 spiro atoms. The number of rotatable bonds is 5. The van der Waals surface area contributed by atoms with Gasteiger partial charge in [0, 0.05) is 12.1 Å². The third kappa shape index (κ3) is 4.24. The standard InChI is InChI=1S/C15H18N4O2/c1-10-3-5-12(6-4-10)9-16-18-14(20)8-7-13-11(2)17-19-15(13)21/h3-6,9,13H,7-8H2,1-2H3,(H,18,20)(H,19,21)/b16-9-/t13-/m0/s1.